The van der Waals surface area contributed by atoms with Gasteiger partial charge >= 0.3 is 35.8 Å². The number of β-amino-alcohol motifs (C(OH)–C–C–N with tert-alkyl or cyclic N) is 2. The number of nitrogens with one attached hydrogen (secondary N) is 1. The van der Waals surface area contributed by atoms with E-state index in [1.165, 1.54) is 0 Å². The molecule has 0 aromatic heterocycles. The summed E-state index contributed by atoms with van der Waals surface area (Å²) >= 11 is 0. The Bertz CT molecular complexity index is 1700. The highest BCUT2D eigenvalue weighted by molar-refractivity contribution is 5.74. The number of esters is 6. The molecule has 2 saturated heterocycles. The maximum Gasteiger partial charge on any atom is 0.320 e. The number of nitrogens with zero attached hydrogens (tertiary/aromatic N) is 8. The number of aliphatic hydroxyl groups is 2. The fraction of sp³-hybridized carbons (Fsp3) is 0.897. The third-order valence-corrected chi connectivity index (χ3v) is 12.2. The minimum absolute atomic E-state index is 0.0210. The smallest absolute Gasteiger partial charge is 0.320 e. The molecule has 0 radical (unpaired) electrons. The quantitative estimate of drug-likeness (QED) is 0.116. The van der Waals surface area contributed by atoms with E-state index in [1.807, 2.05) is 154 Å². The third kappa shape index (κ3) is 38.8. The van der Waals surface area contributed by atoms with Gasteiger partial charge in [-0.05, 0) is 125 Å². The lowest BCUT2D eigenvalue weighted by molar-refractivity contribution is -0.158. The van der Waals surface area contributed by atoms with Crippen molar-refractivity contribution in [2.24, 2.45) is 0 Å². The molecule has 81 heavy (non-hydrogen) atoms. The monoisotopic (exact) mass is 1160 g/mol. The largest absolute Gasteiger partial charge is 0.459 e. The molecular formula is C58H111N9O14. The van der Waals surface area contributed by atoms with Crippen LogP contribution in [0.5, 0.6) is 0 Å². The molecule has 2 aliphatic rings. The van der Waals surface area contributed by atoms with Crippen LogP contribution in [0.4, 0.5) is 0 Å². The van der Waals surface area contributed by atoms with Crippen LogP contribution in [0.3, 0.4) is 0 Å². The van der Waals surface area contributed by atoms with Crippen LogP contribution in [-0.4, -0.2) is 301 Å². The highest BCUT2D eigenvalue weighted by Crippen LogP contribution is 2.15. The summed E-state index contributed by atoms with van der Waals surface area (Å²) in [7, 11) is 0. The second-order valence-electron chi connectivity index (χ2n) is 27.7. The second-order valence-corrected chi connectivity index (χ2v) is 27.7. The van der Waals surface area contributed by atoms with Gasteiger partial charge in [0, 0.05) is 131 Å². The molecule has 2 aliphatic heterocycles. The van der Waals surface area contributed by atoms with Gasteiger partial charge in [-0.2, -0.15) is 0 Å². The first-order valence-electron chi connectivity index (χ1n) is 29.2. The van der Waals surface area contributed by atoms with Crippen molar-refractivity contribution in [1.29, 1.82) is 0 Å². The summed E-state index contributed by atoms with van der Waals surface area (Å²) in [6.45, 7) is 40.8. The molecule has 0 aliphatic carbocycles. The van der Waals surface area contributed by atoms with Crippen molar-refractivity contribution in [3.05, 3.63) is 0 Å². The Hall–Kier alpha value is -3.62. The number of rotatable bonds is 20. The van der Waals surface area contributed by atoms with Crippen molar-refractivity contribution < 1.29 is 67.4 Å². The van der Waals surface area contributed by atoms with Crippen molar-refractivity contribution in [2.75, 3.05) is 170 Å². The van der Waals surface area contributed by atoms with Gasteiger partial charge in [0.15, 0.2) is 0 Å². The lowest BCUT2D eigenvalue weighted by atomic mass is 10.2. The Morgan fingerprint density at radius 1 is 0.296 bits per heavy atom. The summed E-state index contributed by atoms with van der Waals surface area (Å²) in [5, 5.41) is 26.5. The van der Waals surface area contributed by atoms with Crippen molar-refractivity contribution in [3.8, 4) is 0 Å². The molecule has 2 atom stereocenters. The summed E-state index contributed by atoms with van der Waals surface area (Å²) in [4.78, 5) is 95.3. The number of ether oxygens (including phenoxy) is 6. The van der Waals surface area contributed by atoms with E-state index in [2.05, 4.69) is 15.1 Å². The van der Waals surface area contributed by atoms with Crippen molar-refractivity contribution in [3.63, 3.8) is 0 Å². The fourth-order valence-electron chi connectivity index (χ4n) is 8.95. The van der Waals surface area contributed by atoms with Crippen LogP contribution in [0.15, 0.2) is 0 Å². The van der Waals surface area contributed by atoms with Gasteiger partial charge in [-0.25, -0.2) is 0 Å². The van der Waals surface area contributed by atoms with Crippen LogP contribution >= 0.6 is 0 Å². The molecule has 23 nitrogen and oxygen atoms in total. The number of carbonyl (C=O) groups excluding carboxylic acids is 6. The molecule has 3 N–H and O–H groups in total. The van der Waals surface area contributed by atoms with Crippen LogP contribution in [0.1, 0.15) is 125 Å². The first-order valence-corrected chi connectivity index (χ1v) is 29.2. The lowest BCUT2D eigenvalue weighted by Crippen LogP contribution is -2.51. The Labute approximate surface area is 486 Å². The fourth-order valence-corrected chi connectivity index (χ4v) is 8.95. The summed E-state index contributed by atoms with van der Waals surface area (Å²) in [5.41, 5.74) is -4.09. The topological polar surface area (TPSA) is 236 Å². The minimum Gasteiger partial charge on any atom is -0.459 e. The Morgan fingerprint density at radius 2 is 0.432 bits per heavy atom. The first-order chi connectivity index (χ1) is 37.1. The zero-order valence-corrected chi connectivity index (χ0v) is 53.4. The molecule has 472 valence electrons. The molecule has 2 fully saturated rings. The van der Waals surface area contributed by atoms with Gasteiger partial charge in [0.05, 0.1) is 51.5 Å². The Balaban J connectivity index is 2.33. The van der Waals surface area contributed by atoms with E-state index in [4.69, 9.17) is 28.4 Å². The second kappa shape index (κ2) is 33.8. The van der Waals surface area contributed by atoms with E-state index in [1.54, 1.807) is 0 Å². The van der Waals surface area contributed by atoms with Gasteiger partial charge in [-0.3, -0.25) is 68.0 Å². The predicted octanol–water partition coefficient (Wildman–Crippen LogP) is 1.79. The summed E-state index contributed by atoms with van der Waals surface area (Å²) in [6.07, 6.45) is -1.74. The highest BCUT2D eigenvalue weighted by Gasteiger charge is 2.29. The van der Waals surface area contributed by atoms with Crippen LogP contribution in [-0.2, 0) is 57.2 Å². The van der Waals surface area contributed by atoms with Crippen molar-refractivity contribution in [2.45, 2.75) is 170 Å². The van der Waals surface area contributed by atoms with Gasteiger partial charge in [-0.15, -0.1) is 0 Å². The molecule has 2 heterocycles. The first kappa shape index (κ1) is 73.5. The molecule has 23 heteroatoms. The van der Waals surface area contributed by atoms with Crippen molar-refractivity contribution >= 4 is 35.8 Å². The zero-order valence-electron chi connectivity index (χ0n) is 53.4. The van der Waals surface area contributed by atoms with Crippen LogP contribution < -0.4 is 5.32 Å². The standard InChI is InChI=1S/C58H111N9O14/c1-53(2,3)76-47(70)39-62-23-19-60(20-24-63(40-48(71)77-54(4,5)6)28-32-66(31-27-62)43-51(74)80-57(13,14)15)37-45(68)35-59-36-46(69)38-61-21-25-64(41-49(72)78-55(7,8)9)29-33-67(44-52(75)81-58(16,17)18)34-30-65(26-22-61)42-50(73)79-56(10,11)12/h45-46,59,68-69H,19-44H2,1-18H3. The molecule has 0 bridgehead atoms. The highest BCUT2D eigenvalue weighted by atomic mass is 16.6. The molecule has 0 aromatic rings. The lowest BCUT2D eigenvalue weighted by Gasteiger charge is -2.35. The van der Waals surface area contributed by atoms with Gasteiger partial charge < -0.3 is 44.0 Å². The van der Waals surface area contributed by atoms with Gasteiger partial charge in [0.2, 0.25) is 0 Å². The molecule has 0 saturated carbocycles. The van der Waals surface area contributed by atoms with Crippen LogP contribution in [0.2, 0.25) is 0 Å². The zero-order chi connectivity index (χ0) is 61.6. The molecule has 0 aromatic carbocycles. The number of hydrogen-bond acceptors (Lipinski definition) is 23. The average molecular weight is 1160 g/mol. The van der Waals surface area contributed by atoms with E-state index in [0.29, 0.717) is 105 Å². The van der Waals surface area contributed by atoms with Gasteiger partial charge in [0.25, 0.3) is 0 Å². The average Bonchev–Trinajstić information content (AvgIpc) is 3.24. The van der Waals surface area contributed by atoms with Gasteiger partial charge in [-0.1, -0.05) is 0 Å². The number of hydrogen-bond donors (Lipinski definition) is 3. The van der Waals surface area contributed by atoms with E-state index in [0.717, 1.165) is 0 Å². The maximum absolute atomic E-state index is 13.2. The minimum atomic E-state index is -0.868. The Morgan fingerprint density at radius 3 is 0.568 bits per heavy atom. The maximum atomic E-state index is 13.2. The van der Waals surface area contributed by atoms with Crippen LogP contribution in [0.25, 0.3) is 0 Å². The van der Waals surface area contributed by atoms with Crippen molar-refractivity contribution in [1.82, 2.24) is 44.5 Å². The number of aliphatic hydroxyl groups excluding tert-OH is 2. The molecule has 0 amide bonds. The van der Waals surface area contributed by atoms with E-state index in [9.17, 15) is 39.0 Å². The number of carbonyl (C=O) groups is 6. The molecule has 2 rings (SSSR count). The summed E-state index contributed by atoms with van der Waals surface area (Å²) < 4.78 is 34.2. The van der Waals surface area contributed by atoms with Gasteiger partial charge in [0.1, 0.15) is 33.6 Å². The third-order valence-electron chi connectivity index (χ3n) is 12.2. The normalized spacial score (nSPS) is 19.4. The molecular weight excluding hydrogens is 1050 g/mol. The Kier molecular flexibility index (Phi) is 30.6. The van der Waals surface area contributed by atoms with E-state index >= 15 is 0 Å². The molecule has 0 spiro atoms. The van der Waals surface area contributed by atoms with Crippen LogP contribution in [0, 0.1) is 0 Å². The van der Waals surface area contributed by atoms with E-state index < -0.39 is 45.8 Å². The molecule has 2 unspecified atom stereocenters. The van der Waals surface area contributed by atoms with E-state index in [-0.39, 0.29) is 101 Å². The predicted molar refractivity (Wildman–Crippen MR) is 311 cm³/mol. The SMILES string of the molecule is CC(C)(C)OC(=O)CN1CCN(CC(=O)OC(C)(C)C)CCN(CC(O)CNCC(O)CN2CCN(CC(=O)OC(C)(C)C)CCN(CC(=O)OC(C)(C)C)CCN(CC(=O)OC(C)(C)C)CC2)CCN(CC(=O)OC(C)(C)C)CC1. The summed E-state index contributed by atoms with van der Waals surface area (Å²) in [5.74, 6) is -2.25. The summed E-state index contributed by atoms with van der Waals surface area (Å²) in [6, 6.07) is 0.